The maximum absolute atomic E-state index is 14.1. The second kappa shape index (κ2) is 14.0. The van der Waals surface area contributed by atoms with E-state index < -0.39 is 28.5 Å². The number of sulfonamides is 1. The highest BCUT2D eigenvalue weighted by atomic mass is 32.2. The van der Waals surface area contributed by atoms with E-state index in [2.05, 4.69) is 5.32 Å². The average molecular weight is 566 g/mol. The summed E-state index contributed by atoms with van der Waals surface area (Å²) in [6, 6.07) is 20.0. The molecular weight excluding hydrogens is 526 g/mol. The predicted octanol–water partition coefficient (Wildman–Crippen LogP) is 4.84. The Morgan fingerprint density at radius 3 is 2.33 bits per heavy atom. The molecule has 0 saturated carbocycles. The lowest BCUT2D eigenvalue weighted by atomic mass is 10.1. The van der Waals surface area contributed by atoms with E-state index >= 15 is 0 Å². The van der Waals surface area contributed by atoms with Gasteiger partial charge in [-0.2, -0.15) is 0 Å². The van der Waals surface area contributed by atoms with E-state index in [0.29, 0.717) is 30.0 Å². The molecule has 3 aromatic rings. The molecule has 8 nitrogen and oxygen atoms in total. The highest BCUT2D eigenvalue weighted by Crippen LogP contribution is 2.29. The van der Waals surface area contributed by atoms with Crippen molar-refractivity contribution in [2.45, 2.75) is 58.0 Å². The van der Waals surface area contributed by atoms with Crippen molar-refractivity contribution >= 4 is 27.5 Å². The van der Waals surface area contributed by atoms with Crippen molar-refractivity contribution in [1.82, 2.24) is 10.2 Å². The summed E-state index contributed by atoms with van der Waals surface area (Å²) < 4.78 is 34.4. The number of rotatable bonds is 13. The fourth-order valence-electron chi connectivity index (χ4n) is 4.47. The molecule has 0 aliphatic rings. The number of amides is 2. The van der Waals surface area contributed by atoms with Crippen LogP contribution in [0.4, 0.5) is 5.69 Å². The van der Waals surface area contributed by atoms with Gasteiger partial charge in [0.05, 0.1) is 17.7 Å². The number of anilines is 1. The topological polar surface area (TPSA) is 96.0 Å². The van der Waals surface area contributed by atoms with E-state index in [1.807, 2.05) is 52.0 Å². The molecule has 0 radical (unpaired) electrons. The summed E-state index contributed by atoms with van der Waals surface area (Å²) in [7, 11) is -2.55. The van der Waals surface area contributed by atoms with Crippen LogP contribution in [-0.2, 0) is 26.2 Å². The molecule has 0 spiro atoms. The summed E-state index contributed by atoms with van der Waals surface area (Å²) in [5.41, 5.74) is 2.76. The number of carbonyl (C=O) groups excluding carboxylic acids is 2. The van der Waals surface area contributed by atoms with Gasteiger partial charge in [0.15, 0.2) is 0 Å². The Labute approximate surface area is 238 Å². The summed E-state index contributed by atoms with van der Waals surface area (Å²) in [5.74, 6) is -0.136. The van der Waals surface area contributed by atoms with Crippen molar-refractivity contribution in [3.63, 3.8) is 0 Å². The third-order valence-electron chi connectivity index (χ3n) is 6.67. The lowest BCUT2D eigenvalue weighted by Gasteiger charge is -2.33. The van der Waals surface area contributed by atoms with Crippen molar-refractivity contribution in [2.75, 3.05) is 24.5 Å². The van der Waals surface area contributed by atoms with Gasteiger partial charge in [-0.15, -0.1) is 0 Å². The van der Waals surface area contributed by atoms with Gasteiger partial charge in [0.1, 0.15) is 18.3 Å². The monoisotopic (exact) mass is 565 g/mol. The Balaban J connectivity index is 2.09. The average Bonchev–Trinajstić information content (AvgIpc) is 2.96. The molecule has 0 bridgehead atoms. The van der Waals surface area contributed by atoms with E-state index in [1.54, 1.807) is 43.5 Å². The molecule has 1 N–H and O–H groups in total. The fraction of sp³-hybridized carbons (Fsp3) is 0.355. The van der Waals surface area contributed by atoms with Crippen LogP contribution in [0.3, 0.4) is 0 Å². The SMILES string of the molecule is CCCNC(=O)[C@H](CC)N(Cc1cccc(OC)c1)C(=O)CN(c1cc(C)ccc1C)S(=O)(=O)c1ccccc1. The van der Waals surface area contributed by atoms with Crippen LogP contribution >= 0.6 is 0 Å². The van der Waals surface area contributed by atoms with Gasteiger partial charge in [-0.3, -0.25) is 13.9 Å². The smallest absolute Gasteiger partial charge is 0.264 e. The van der Waals surface area contributed by atoms with Crippen LogP contribution in [0, 0.1) is 13.8 Å². The molecule has 0 unspecified atom stereocenters. The second-order valence-electron chi connectivity index (χ2n) is 9.70. The van der Waals surface area contributed by atoms with Crippen LogP contribution in [0.1, 0.15) is 43.4 Å². The largest absolute Gasteiger partial charge is 0.497 e. The molecule has 9 heteroatoms. The lowest BCUT2D eigenvalue weighted by Crippen LogP contribution is -2.52. The third kappa shape index (κ3) is 7.41. The van der Waals surface area contributed by atoms with Crippen molar-refractivity contribution in [2.24, 2.45) is 0 Å². The minimum absolute atomic E-state index is 0.0794. The van der Waals surface area contributed by atoms with Gasteiger partial charge in [-0.25, -0.2) is 8.42 Å². The van der Waals surface area contributed by atoms with Crippen LogP contribution in [0.25, 0.3) is 0 Å². The number of hydrogen-bond donors (Lipinski definition) is 1. The van der Waals surface area contributed by atoms with Crippen molar-refractivity contribution < 1.29 is 22.7 Å². The molecule has 214 valence electrons. The van der Waals surface area contributed by atoms with Gasteiger partial charge < -0.3 is 15.0 Å². The first-order valence-electron chi connectivity index (χ1n) is 13.5. The first kappa shape index (κ1) is 30.7. The summed E-state index contributed by atoms with van der Waals surface area (Å²) >= 11 is 0. The quantitative estimate of drug-likeness (QED) is 0.320. The maximum Gasteiger partial charge on any atom is 0.264 e. The number of aryl methyl sites for hydroxylation is 2. The molecule has 2 amide bonds. The van der Waals surface area contributed by atoms with Gasteiger partial charge in [0, 0.05) is 13.1 Å². The molecule has 0 aliphatic carbocycles. The van der Waals surface area contributed by atoms with E-state index in [-0.39, 0.29) is 17.3 Å². The summed E-state index contributed by atoms with van der Waals surface area (Å²) in [5, 5.41) is 2.90. The number of benzene rings is 3. The van der Waals surface area contributed by atoms with Gasteiger partial charge in [-0.05, 0) is 73.7 Å². The number of methoxy groups -OCH3 is 1. The summed E-state index contributed by atoms with van der Waals surface area (Å²) in [6.07, 6.45) is 1.11. The molecule has 0 heterocycles. The standard InChI is InChI=1S/C31H39N3O5S/c1-6-18-32-31(36)28(7-2)33(21-25-12-11-13-26(20-25)39-5)30(35)22-34(29-19-23(3)16-17-24(29)4)40(37,38)27-14-9-8-10-15-27/h8-17,19-20,28H,6-7,18,21-22H2,1-5H3,(H,32,36)/t28-/m0/s1. The second-order valence-corrected chi connectivity index (χ2v) is 11.6. The normalized spacial score (nSPS) is 11.9. The van der Waals surface area contributed by atoms with Crippen LogP contribution in [-0.4, -0.2) is 51.4 Å². The van der Waals surface area contributed by atoms with E-state index in [1.165, 1.54) is 17.0 Å². The Bertz CT molecular complexity index is 1410. The van der Waals surface area contributed by atoms with E-state index in [0.717, 1.165) is 21.9 Å². The number of carbonyl (C=O) groups is 2. The molecule has 0 aromatic heterocycles. The molecule has 1 atom stereocenters. The van der Waals surface area contributed by atoms with E-state index in [4.69, 9.17) is 4.74 Å². The van der Waals surface area contributed by atoms with E-state index in [9.17, 15) is 18.0 Å². The van der Waals surface area contributed by atoms with Crippen LogP contribution < -0.4 is 14.4 Å². The van der Waals surface area contributed by atoms with Crippen LogP contribution in [0.2, 0.25) is 0 Å². The van der Waals surface area contributed by atoms with Gasteiger partial charge in [0.25, 0.3) is 10.0 Å². The van der Waals surface area contributed by atoms with Crippen molar-refractivity contribution in [3.8, 4) is 5.75 Å². The molecule has 40 heavy (non-hydrogen) atoms. The van der Waals surface area contributed by atoms with Crippen LogP contribution in [0.5, 0.6) is 5.75 Å². The number of ether oxygens (including phenoxy) is 1. The van der Waals surface area contributed by atoms with Crippen molar-refractivity contribution in [3.05, 3.63) is 89.5 Å². The summed E-state index contributed by atoms with van der Waals surface area (Å²) in [4.78, 5) is 28.9. The fourth-order valence-corrected chi connectivity index (χ4v) is 5.97. The Morgan fingerprint density at radius 2 is 1.68 bits per heavy atom. The highest BCUT2D eigenvalue weighted by molar-refractivity contribution is 7.92. The Hall–Kier alpha value is -3.85. The maximum atomic E-state index is 14.1. The zero-order chi connectivity index (χ0) is 29.3. The zero-order valence-corrected chi connectivity index (χ0v) is 24.7. The molecule has 0 saturated heterocycles. The minimum atomic E-state index is -4.11. The number of nitrogens with zero attached hydrogens (tertiary/aromatic N) is 2. The van der Waals surface area contributed by atoms with Gasteiger partial charge >= 0.3 is 0 Å². The van der Waals surface area contributed by atoms with Gasteiger partial charge in [-0.1, -0.05) is 56.3 Å². The molecular formula is C31H39N3O5S. The number of hydrogen-bond acceptors (Lipinski definition) is 5. The van der Waals surface area contributed by atoms with Crippen molar-refractivity contribution in [1.29, 1.82) is 0 Å². The predicted molar refractivity (Wildman–Crippen MR) is 158 cm³/mol. The van der Waals surface area contributed by atoms with Crippen LogP contribution in [0.15, 0.2) is 77.7 Å². The first-order chi connectivity index (χ1) is 19.1. The highest BCUT2D eigenvalue weighted by Gasteiger charge is 2.34. The molecule has 0 aliphatic heterocycles. The Morgan fingerprint density at radius 1 is 0.950 bits per heavy atom. The Kier molecular flexibility index (Phi) is 10.7. The minimum Gasteiger partial charge on any atom is -0.497 e. The zero-order valence-electron chi connectivity index (χ0n) is 23.9. The van der Waals surface area contributed by atoms with Gasteiger partial charge in [0.2, 0.25) is 11.8 Å². The molecule has 3 rings (SSSR count). The number of nitrogens with one attached hydrogen (secondary N) is 1. The lowest BCUT2D eigenvalue weighted by molar-refractivity contribution is -0.140. The third-order valence-corrected chi connectivity index (χ3v) is 8.44. The first-order valence-corrected chi connectivity index (χ1v) is 14.9. The molecule has 0 fully saturated rings. The summed E-state index contributed by atoms with van der Waals surface area (Å²) in [6.45, 7) is 7.60. The molecule has 3 aromatic carbocycles.